The van der Waals surface area contributed by atoms with Gasteiger partial charge in [0.1, 0.15) is 0 Å². The summed E-state index contributed by atoms with van der Waals surface area (Å²) in [4.78, 5) is 11.7. The number of amides is 1. The van der Waals surface area contributed by atoms with E-state index in [0.717, 1.165) is 12.8 Å². The number of hydrogen-bond donors (Lipinski definition) is 1. The van der Waals surface area contributed by atoms with Crippen LogP contribution in [-0.2, 0) is 4.79 Å². The molecule has 0 aromatic heterocycles. The maximum absolute atomic E-state index is 12.2. The molecule has 0 radical (unpaired) electrons. The Balaban J connectivity index is 2.73. The van der Waals surface area contributed by atoms with E-state index in [9.17, 15) is 13.6 Å². The van der Waals surface area contributed by atoms with E-state index in [4.69, 9.17) is 4.74 Å². The van der Waals surface area contributed by atoms with Crippen LogP contribution in [0.5, 0.6) is 11.5 Å². The van der Waals surface area contributed by atoms with E-state index in [0.29, 0.717) is 5.56 Å². The third kappa shape index (κ3) is 6.11. The lowest BCUT2D eigenvalue weighted by Gasteiger charge is -2.11. The zero-order valence-electron chi connectivity index (χ0n) is 12.9. The molecule has 1 aromatic rings. The summed E-state index contributed by atoms with van der Waals surface area (Å²) in [5, 5.41) is 2.84. The summed E-state index contributed by atoms with van der Waals surface area (Å²) in [7, 11) is 1.36. The standard InChI is InChI=1S/C16H21F2NO3/c1-4-5-11(2)19-15(20)9-7-12-6-8-13(22-16(17)18)14(10-12)21-3/h6-11,16H,4-5H2,1-3H3,(H,19,20)/b9-7+/t11-/m1/s1. The van der Waals surface area contributed by atoms with Crippen LogP contribution in [0.25, 0.3) is 6.08 Å². The molecule has 0 saturated carbocycles. The third-order valence-electron chi connectivity index (χ3n) is 2.94. The summed E-state index contributed by atoms with van der Waals surface area (Å²) >= 11 is 0. The van der Waals surface area contributed by atoms with Crippen LogP contribution in [0.1, 0.15) is 32.3 Å². The number of hydrogen-bond acceptors (Lipinski definition) is 3. The Morgan fingerprint density at radius 3 is 2.68 bits per heavy atom. The van der Waals surface area contributed by atoms with Gasteiger partial charge in [0.05, 0.1) is 7.11 Å². The van der Waals surface area contributed by atoms with Crippen molar-refractivity contribution in [2.75, 3.05) is 7.11 Å². The molecule has 0 spiro atoms. The SMILES string of the molecule is CCC[C@@H](C)NC(=O)/C=C/c1ccc(OC(F)F)c(OC)c1. The van der Waals surface area contributed by atoms with E-state index in [1.807, 2.05) is 13.8 Å². The quantitative estimate of drug-likeness (QED) is 0.746. The highest BCUT2D eigenvalue weighted by molar-refractivity contribution is 5.91. The van der Waals surface area contributed by atoms with Crippen molar-refractivity contribution in [2.24, 2.45) is 0 Å². The second-order valence-electron chi connectivity index (χ2n) is 4.82. The average Bonchev–Trinajstić information content (AvgIpc) is 2.45. The van der Waals surface area contributed by atoms with Crippen molar-refractivity contribution in [2.45, 2.75) is 39.3 Å². The van der Waals surface area contributed by atoms with Crippen LogP contribution in [0, 0.1) is 0 Å². The van der Waals surface area contributed by atoms with Crippen molar-refractivity contribution >= 4 is 12.0 Å². The highest BCUT2D eigenvalue weighted by Gasteiger charge is 2.10. The number of rotatable bonds is 8. The average molecular weight is 313 g/mol. The molecule has 4 nitrogen and oxygen atoms in total. The fourth-order valence-corrected chi connectivity index (χ4v) is 1.95. The minimum absolute atomic E-state index is 0.0457. The Morgan fingerprint density at radius 1 is 1.36 bits per heavy atom. The molecule has 0 heterocycles. The summed E-state index contributed by atoms with van der Waals surface area (Å²) in [5.41, 5.74) is 0.650. The van der Waals surface area contributed by atoms with Gasteiger partial charge in [0.15, 0.2) is 11.5 Å². The van der Waals surface area contributed by atoms with Gasteiger partial charge in [0.2, 0.25) is 5.91 Å². The molecule has 0 aliphatic carbocycles. The van der Waals surface area contributed by atoms with Crippen LogP contribution in [0.15, 0.2) is 24.3 Å². The van der Waals surface area contributed by atoms with E-state index in [1.165, 1.54) is 25.3 Å². The van der Waals surface area contributed by atoms with E-state index in [2.05, 4.69) is 10.1 Å². The maximum Gasteiger partial charge on any atom is 0.387 e. The van der Waals surface area contributed by atoms with Gasteiger partial charge >= 0.3 is 6.61 Å². The summed E-state index contributed by atoms with van der Waals surface area (Å²) in [6.45, 7) is 1.07. The summed E-state index contributed by atoms with van der Waals surface area (Å²) in [5.74, 6) is -0.0642. The predicted octanol–water partition coefficient (Wildman–Crippen LogP) is 3.61. The highest BCUT2D eigenvalue weighted by Crippen LogP contribution is 2.29. The number of carbonyl (C=O) groups excluding carboxylic acids is 1. The van der Waals surface area contributed by atoms with Crippen LogP contribution < -0.4 is 14.8 Å². The molecule has 122 valence electrons. The van der Waals surface area contributed by atoms with Crippen molar-refractivity contribution in [1.82, 2.24) is 5.32 Å². The molecular weight excluding hydrogens is 292 g/mol. The Morgan fingerprint density at radius 2 is 2.09 bits per heavy atom. The van der Waals surface area contributed by atoms with Gasteiger partial charge in [-0.1, -0.05) is 19.4 Å². The van der Waals surface area contributed by atoms with Crippen LogP contribution in [-0.4, -0.2) is 25.7 Å². The predicted molar refractivity (Wildman–Crippen MR) is 81.2 cm³/mol. The Kier molecular flexibility index (Phi) is 7.36. The third-order valence-corrected chi connectivity index (χ3v) is 2.94. The zero-order valence-corrected chi connectivity index (χ0v) is 12.9. The summed E-state index contributed by atoms with van der Waals surface area (Å²) in [6, 6.07) is 4.58. The number of carbonyl (C=O) groups is 1. The number of benzene rings is 1. The van der Waals surface area contributed by atoms with Crippen LogP contribution in [0.3, 0.4) is 0 Å². The van der Waals surface area contributed by atoms with E-state index < -0.39 is 6.61 Å². The molecule has 0 bridgehead atoms. The molecule has 0 aliphatic rings. The number of methoxy groups -OCH3 is 1. The topological polar surface area (TPSA) is 47.6 Å². The largest absolute Gasteiger partial charge is 0.493 e. The van der Waals surface area contributed by atoms with E-state index >= 15 is 0 Å². The molecule has 1 rings (SSSR count). The minimum Gasteiger partial charge on any atom is -0.493 e. The van der Waals surface area contributed by atoms with Gasteiger partial charge in [-0.3, -0.25) is 4.79 Å². The van der Waals surface area contributed by atoms with Gasteiger partial charge in [-0.05, 0) is 37.1 Å². The van der Waals surface area contributed by atoms with Crippen molar-refractivity contribution in [1.29, 1.82) is 0 Å². The molecule has 1 atom stereocenters. The molecular formula is C16H21F2NO3. The second-order valence-corrected chi connectivity index (χ2v) is 4.82. The van der Waals surface area contributed by atoms with E-state index in [1.54, 1.807) is 12.1 Å². The number of nitrogens with one attached hydrogen (secondary N) is 1. The molecule has 0 fully saturated rings. The van der Waals surface area contributed by atoms with Gasteiger partial charge in [0, 0.05) is 12.1 Å². The van der Waals surface area contributed by atoms with Gasteiger partial charge in [0.25, 0.3) is 0 Å². The molecule has 0 saturated heterocycles. The zero-order chi connectivity index (χ0) is 16.5. The lowest BCUT2D eigenvalue weighted by Crippen LogP contribution is -2.30. The Hall–Kier alpha value is -2.11. The summed E-state index contributed by atoms with van der Waals surface area (Å²) < 4.78 is 33.8. The lowest BCUT2D eigenvalue weighted by molar-refractivity contribution is -0.117. The first-order chi connectivity index (χ1) is 10.5. The van der Waals surface area contributed by atoms with Crippen molar-refractivity contribution < 1.29 is 23.0 Å². The smallest absolute Gasteiger partial charge is 0.387 e. The molecule has 0 aliphatic heterocycles. The monoisotopic (exact) mass is 313 g/mol. The maximum atomic E-state index is 12.2. The van der Waals surface area contributed by atoms with E-state index in [-0.39, 0.29) is 23.4 Å². The normalized spacial score (nSPS) is 12.5. The molecule has 1 amide bonds. The highest BCUT2D eigenvalue weighted by atomic mass is 19.3. The number of halogens is 2. The van der Waals surface area contributed by atoms with Gasteiger partial charge in [-0.25, -0.2) is 0 Å². The molecule has 6 heteroatoms. The van der Waals surface area contributed by atoms with Gasteiger partial charge in [-0.2, -0.15) is 8.78 Å². The molecule has 1 N–H and O–H groups in total. The van der Waals surface area contributed by atoms with Gasteiger partial charge < -0.3 is 14.8 Å². The first-order valence-electron chi connectivity index (χ1n) is 7.07. The van der Waals surface area contributed by atoms with Crippen LogP contribution in [0.2, 0.25) is 0 Å². The molecule has 1 aromatic carbocycles. The number of ether oxygens (including phenoxy) is 2. The summed E-state index contributed by atoms with van der Waals surface area (Å²) in [6.07, 6.45) is 4.89. The van der Waals surface area contributed by atoms with Crippen molar-refractivity contribution in [3.05, 3.63) is 29.8 Å². The van der Waals surface area contributed by atoms with Crippen LogP contribution in [0.4, 0.5) is 8.78 Å². The fraction of sp³-hybridized carbons (Fsp3) is 0.438. The Bertz CT molecular complexity index is 518. The Labute approximate surface area is 129 Å². The molecule has 0 unspecified atom stereocenters. The first-order valence-corrected chi connectivity index (χ1v) is 7.07. The van der Waals surface area contributed by atoms with Crippen molar-refractivity contribution in [3.63, 3.8) is 0 Å². The fourth-order valence-electron chi connectivity index (χ4n) is 1.95. The molecule has 22 heavy (non-hydrogen) atoms. The second kappa shape index (κ2) is 9.02. The van der Waals surface area contributed by atoms with Crippen LogP contribution >= 0.6 is 0 Å². The minimum atomic E-state index is -2.92. The van der Waals surface area contributed by atoms with Gasteiger partial charge in [-0.15, -0.1) is 0 Å². The lowest BCUT2D eigenvalue weighted by atomic mass is 10.1. The number of alkyl halides is 2. The van der Waals surface area contributed by atoms with Crippen molar-refractivity contribution in [3.8, 4) is 11.5 Å². The first kappa shape index (κ1) is 17.9.